The number of aromatic nitrogens is 1. The summed E-state index contributed by atoms with van der Waals surface area (Å²) in [4.78, 5) is 8.63. The standard InChI is InChI=1S/C17H25N3S/c1-3-20(4-2)13-11-16-19-17(15(21-16)10-12-18)14-8-6-5-7-9-14/h5-9H,3-4,10-13,18H2,1-2H3. The molecule has 1 aromatic carbocycles. The summed E-state index contributed by atoms with van der Waals surface area (Å²) in [6.07, 6.45) is 1.93. The Kier molecular flexibility index (Phi) is 6.36. The fourth-order valence-corrected chi connectivity index (χ4v) is 3.52. The van der Waals surface area contributed by atoms with Crippen LogP contribution in [-0.4, -0.2) is 36.1 Å². The van der Waals surface area contributed by atoms with E-state index in [-0.39, 0.29) is 0 Å². The van der Waals surface area contributed by atoms with Gasteiger partial charge in [-0.05, 0) is 26.1 Å². The van der Waals surface area contributed by atoms with E-state index in [4.69, 9.17) is 10.7 Å². The van der Waals surface area contributed by atoms with Crippen LogP contribution < -0.4 is 5.73 Å². The Morgan fingerprint density at radius 3 is 2.43 bits per heavy atom. The van der Waals surface area contributed by atoms with Gasteiger partial charge in [-0.2, -0.15) is 0 Å². The third-order valence-corrected chi connectivity index (χ3v) is 4.87. The molecule has 0 fully saturated rings. The first-order valence-corrected chi connectivity index (χ1v) is 8.56. The summed E-state index contributed by atoms with van der Waals surface area (Å²) in [7, 11) is 0. The van der Waals surface area contributed by atoms with E-state index >= 15 is 0 Å². The summed E-state index contributed by atoms with van der Waals surface area (Å²) in [5.41, 5.74) is 8.08. The molecule has 0 unspecified atom stereocenters. The van der Waals surface area contributed by atoms with Gasteiger partial charge in [0.15, 0.2) is 0 Å². The summed E-state index contributed by atoms with van der Waals surface area (Å²) in [5.74, 6) is 0. The molecule has 1 heterocycles. The Hall–Kier alpha value is -1.23. The molecule has 0 spiro atoms. The number of nitrogens with zero attached hydrogens (tertiary/aromatic N) is 2. The van der Waals surface area contributed by atoms with Crippen molar-refractivity contribution < 1.29 is 0 Å². The van der Waals surface area contributed by atoms with Gasteiger partial charge in [0.2, 0.25) is 0 Å². The molecule has 1 aromatic heterocycles. The molecule has 0 saturated carbocycles. The van der Waals surface area contributed by atoms with Crippen LogP contribution >= 0.6 is 11.3 Å². The number of rotatable bonds is 8. The zero-order chi connectivity index (χ0) is 15.1. The molecule has 114 valence electrons. The predicted molar refractivity (Wildman–Crippen MR) is 91.8 cm³/mol. The highest BCUT2D eigenvalue weighted by molar-refractivity contribution is 7.12. The smallest absolute Gasteiger partial charge is 0.0948 e. The van der Waals surface area contributed by atoms with Gasteiger partial charge < -0.3 is 10.6 Å². The lowest BCUT2D eigenvalue weighted by Gasteiger charge is -2.16. The van der Waals surface area contributed by atoms with Gasteiger partial charge in [-0.1, -0.05) is 44.2 Å². The van der Waals surface area contributed by atoms with Crippen molar-refractivity contribution in [3.8, 4) is 11.3 Å². The van der Waals surface area contributed by atoms with Crippen LogP contribution in [0, 0.1) is 0 Å². The van der Waals surface area contributed by atoms with E-state index in [0.29, 0.717) is 6.54 Å². The van der Waals surface area contributed by atoms with E-state index in [1.807, 2.05) is 17.4 Å². The summed E-state index contributed by atoms with van der Waals surface area (Å²) in [6, 6.07) is 10.4. The van der Waals surface area contributed by atoms with E-state index < -0.39 is 0 Å². The molecule has 0 bridgehead atoms. The monoisotopic (exact) mass is 303 g/mol. The molecule has 2 rings (SSSR count). The fourth-order valence-electron chi connectivity index (χ4n) is 2.42. The highest BCUT2D eigenvalue weighted by Crippen LogP contribution is 2.28. The fraction of sp³-hybridized carbons (Fsp3) is 0.471. The molecule has 2 N–H and O–H groups in total. The van der Waals surface area contributed by atoms with E-state index in [1.165, 1.54) is 15.4 Å². The van der Waals surface area contributed by atoms with Crippen molar-refractivity contribution in [3.05, 3.63) is 40.2 Å². The largest absolute Gasteiger partial charge is 0.330 e. The lowest BCUT2D eigenvalue weighted by atomic mass is 10.1. The van der Waals surface area contributed by atoms with Gasteiger partial charge in [-0.25, -0.2) is 4.98 Å². The number of benzene rings is 1. The van der Waals surface area contributed by atoms with E-state index in [9.17, 15) is 0 Å². The molecule has 21 heavy (non-hydrogen) atoms. The van der Waals surface area contributed by atoms with Gasteiger partial charge in [0, 0.05) is 23.4 Å². The molecule has 0 aliphatic heterocycles. The molecule has 0 aliphatic carbocycles. The number of likely N-dealkylation sites (N-methyl/N-ethyl adjacent to an activating group) is 1. The Labute approximate surface area is 131 Å². The van der Waals surface area contributed by atoms with Gasteiger partial charge >= 0.3 is 0 Å². The lowest BCUT2D eigenvalue weighted by Crippen LogP contribution is -2.25. The predicted octanol–water partition coefficient (Wildman–Crippen LogP) is 3.20. The average Bonchev–Trinajstić information content (AvgIpc) is 2.93. The molecule has 0 aliphatic rings. The highest BCUT2D eigenvalue weighted by Gasteiger charge is 2.13. The zero-order valence-electron chi connectivity index (χ0n) is 13.0. The SMILES string of the molecule is CCN(CC)CCc1nc(-c2ccccc2)c(CCN)s1. The van der Waals surface area contributed by atoms with E-state index in [0.717, 1.165) is 38.2 Å². The van der Waals surface area contributed by atoms with Gasteiger partial charge in [-0.15, -0.1) is 11.3 Å². The number of nitrogens with two attached hydrogens (primary N) is 1. The van der Waals surface area contributed by atoms with Crippen molar-refractivity contribution in [2.75, 3.05) is 26.2 Å². The topological polar surface area (TPSA) is 42.2 Å². The minimum Gasteiger partial charge on any atom is -0.330 e. The summed E-state index contributed by atoms with van der Waals surface area (Å²) >= 11 is 1.82. The molecule has 0 radical (unpaired) electrons. The Morgan fingerprint density at radius 1 is 1.10 bits per heavy atom. The Bertz CT molecular complexity index is 532. The first-order chi connectivity index (χ1) is 10.3. The Morgan fingerprint density at radius 2 is 1.81 bits per heavy atom. The number of thiazole rings is 1. The highest BCUT2D eigenvalue weighted by atomic mass is 32.1. The first-order valence-electron chi connectivity index (χ1n) is 7.74. The van der Waals surface area contributed by atoms with Gasteiger partial charge in [0.05, 0.1) is 10.7 Å². The second-order valence-corrected chi connectivity index (χ2v) is 6.23. The Balaban J connectivity index is 2.17. The van der Waals surface area contributed by atoms with Crippen molar-refractivity contribution in [2.24, 2.45) is 5.73 Å². The minimum absolute atomic E-state index is 0.678. The van der Waals surface area contributed by atoms with Gasteiger partial charge in [0.25, 0.3) is 0 Å². The van der Waals surface area contributed by atoms with Crippen LogP contribution in [0.25, 0.3) is 11.3 Å². The number of hydrogen-bond donors (Lipinski definition) is 1. The third-order valence-electron chi connectivity index (χ3n) is 3.70. The van der Waals surface area contributed by atoms with Gasteiger partial charge in [-0.3, -0.25) is 0 Å². The van der Waals surface area contributed by atoms with Crippen molar-refractivity contribution in [3.63, 3.8) is 0 Å². The van der Waals surface area contributed by atoms with Crippen molar-refractivity contribution >= 4 is 11.3 Å². The second kappa shape index (κ2) is 8.27. The van der Waals surface area contributed by atoms with Crippen LogP contribution in [0.4, 0.5) is 0 Å². The molecular formula is C17H25N3S. The quantitative estimate of drug-likeness (QED) is 0.814. The third kappa shape index (κ3) is 4.37. The van der Waals surface area contributed by atoms with Crippen LogP contribution in [0.3, 0.4) is 0 Å². The lowest BCUT2D eigenvalue weighted by molar-refractivity contribution is 0.308. The van der Waals surface area contributed by atoms with Crippen LogP contribution in [-0.2, 0) is 12.8 Å². The van der Waals surface area contributed by atoms with Crippen LogP contribution in [0.15, 0.2) is 30.3 Å². The van der Waals surface area contributed by atoms with Crippen molar-refractivity contribution in [2.45, 2.75) is 26.7 Å². The van der Waals surface area contributed by atoms with Crippen molar-refractivity contribution in [1.82, 2.24) is 9.88 Å². The van der Waals surface area contributed by atoms with E-state index in [2.05, 4.69) is 43.0 Å². The maximum atomic E-state index is 5.75. The molecule has 0 amide bonds. The summed E-state index contributed by atoms with van der Waals surface area (Å²) in [6.45, 7) is 8.38. The first kappa shape index (κ1) is 16.1. The molecule has 4 heteroatoms. The van der Waals surface area contributed by atoms with Crippen LogP contribution in [0.2, 0.25) is 0 Å². The molecule has 0 saturated heterocycles. The van der Waals surface area contributed by atoms with Crippen molar-refractivity contribution in [1.29, 1.82) is 0 Å². The maximum absolute atomic E-state index is 5.75. The number of hydrogen-bond acceptors (Lipinski definition) is 4. The normalized spacial score (nSPS) is 11.2. The summed E-state index contributed by atoms with van der Waals surface area (Å²) < 4.78 is 0. The second-order valence-electron chi connectivity index (χ2n) is 5.06. The molecule has 3 nitrogen and oxygen atoms in total. The average molecular weight is 303 g/mol. The van der Waals surface area contributed by atoms with E-state index in [1.54, 1.807) is 0 Å². The zero-order valence-corrected chi connectivity index (χ0v) is 13.8. The van der Waals surface area contributed by atoms with Crippen LogP contribution in [0.1, 0.15) is 23.7 Å². The molecular weight excluding hydrogens is 278 g/mol. The minimum atomic E-state index is 0.678. The van der Waals surface area contributed by atoms with Gasteiger partial charge in [0.1, 0.15) is 0 Å². The maximum Gasteiger partial charge on any atom is 0.0948 e. The molecule has 2 aromatic rings. The van der Waals surface area contributed by atoms with Crippen LogP contribution in [0.5, 0.6) is 0 Å². The summed E-state index contributed by atoms with van der Waals surface area (Å²) in [5, 5.41) is 1.23. The molecule has 0 atom stereocenters.